The van der Waals surface area contributed by atoms with Gasteiger partial charge in [0.1, 0.15) is 5.60 Å². The number of amides is 2. The number of hydrogen-bond donors (Lipinski definition) is 2. The number of nitrogens with one attached hydrogen (secondary N) is 2. The number of rotatable bonds is 2. The molecule has 1 aliphatic heterocycles. The highest BCUT2D eigenvalue weighted by Gasteiger charge is 2.33. The average molecular weight is 271 g/mol. The summed E-state index contributed by atoms with van der Waals surface area (Å²) >= 11 is 0. The van der Waals surface area contributed by atoms with Gasteiger partial charge in [0.05, 0.1) is 12.0 Å². The molecule has 0 spiro atoms. The van der Waals surface area contributed by atoms with Gasteiger partial charge in [0, 0.05) is 20.6 Å². The van der Waals surface area contributed by atoms with Crippen LogP contribution in [0.2, 0.25) is 0 Å². The third-order valence-electron chi connectivity index (χ3n) is 2.94. The Hall–Kier alpha value is -1.30. The number of carbonyl (C=O) groups is 2. The Morgan fingerprint density at radius 3 is 2.47 bits per heavy atom. The molecule has 0 aromatic rings. The van der Waals surface area contributed by atoms with Crippen molar-refractivity contribution in [3.05, 3.63) is 0 Å². The van der Waals surface area contributed by atoms with Gasteiger partial charge in [-0.15, -0.1) is 0 Å². The normalized spacial score (nSPS) is 23.6. The van der Waals surface area contributed by atoms with Crippen molar-refractivity contribution in [3.63, 3.8) is 0 Å². The van der Waals surface area contributed by atoms with Crippen LogP contribution in [0.5, 0.6) is 0 Å². The Morgan fingerprint density at radius 2 is 1.95 bits per heavy atom. The lowest BCUT2D eigenvalue weighted by Gasteiger charge is -2.33. The first-order chi connectivity index (χ1) is 8.70. The lowest BCUT2D eigenvalue weighted by Crippen LogP contribution is -2.55. The molecule has 0 unspecified atom stereocenters. The minimum Gasteiger partial charge on any atom is -0.444 e. The van der Waals surface area contributed by atoms with Gasteiger partial charge in [-0.3, -0.25) is 4.79 Å². The van der Waals surface area contributed by atoms with E-state index in [0.717, 1.165) is 13.0 Å². The Kier molecular flexibility index (Phi) is 5.17. The van der Waals surface area contributed by atoms with Crippen LogP contribution in [0.25, 0.3) is 0 Å². The summed E-state index contributed by atoms with van der Waals surface area (Å²) in [6.07, 6.45) is 0.245. The summed E-state index contributed by atoms with van der Waals surface area (Å²) in [4.78, 5) is 25.4. The largest absolute Gasteiger partial charge is 0.444 e. The van der Waals surface area contributed by atoms with Crippen molar-refractivity contribution < 1.29 is 14.3 Å². The summed E-state index contributed by atoms with van der Waals surface area (Å²) in [6, 6.07) is -0.224. The second-order valence-corrected chi connectivity index (χ2v) is 6.08. The molecule has 1 fully saturated rings. The topological polar surface area (TPSA) is 70.7 Å². The molecule has 2 atom stereocenters. The lowest BCUT2D eigenvalue weighted by atomic mass is 9.91. The maximum Gasteiger partial charge on any atom is 0.407 e. The molecule has 6 heteroatoms. The molecular formula is C13H25N3O3. The number of alkyl carbamates (subject to hydrolysis) is 1. The van der Waals surface area contributed by atoms with Crippen LogP contribution in [0.4, 0.5) is 4.79 Å². The predicted molar refractivity (Wildman–Crippen MR) is 72.8 cm³/mol. The molecule has 0 saturated carbocycles. The first-order valence-corrected chi connectivity index (χ1v) is 6.62. The summed E-state index contributed by atoms with van der Waals surface area (Å²) in [6.45, 7) is 6.82. The van der Waals surface area contributed by atoms with Crippen molar-refractivity contribution in [2.45, 2.75) is 38.8 Å². The Labute approximate surface area is 114 Å². The summed E-state index contributed by atoms with van der Waals surface area (Å²) in [5.74, 6) is -0.147. The molecule has 1 rings (SSSR count). The van der Waals surface area contributed by atoms with Crippen molar-refractivity contribution >= 4 is 12.0 Å². The van der Waals surface area contributed by atoms with E-state index in [1.54, 1.807) is 19.0 Å². The molecule has 1 heterocycles. The van der Waals surface area contributed by atoms with Crippen LogP contribution in [-0.4, -0.2) is 55.7 Å². The molecule has 110 valence electrons. The highest BCUT2D eigenvalue weighted by molar-refractivity contribution is 5.80. The summed E-state index contributed by atoms with van der Waals surface area (Å²) in [7, 11) is 3.46. The zero-order valence-corrected chi connectivity index (χ0v) is 12.4. The highest BCUT2D eigenvalue weighted by Crippen LogP contribution is 2.16. The minimum atomic E-state index is -0.534. The van der Waals surface area contributed by atoms with Crippen LogP contribution < -0.4 is 10.6 Å². The molecule has 0 aliphatic carbocycles. The molecule has 0 bridgehead atoms. The Morgan fingerprint density at radius 1 is 1.32 bits per heavy atom. The smallest absolute Gasteiger partial charge is 0.407 e. The number of nitrogens with zero attached hydrogens (tertiary/aromatic N) is 1. The van der Waals surface area contributed by atoms with E-state index >= 15 is 0 Å². The van der Waals surface area contributed by atoms with E-state index in [0.29, 0.717) is 6.54 Å². The van der Waals surface area contributed by atoms with Crippen molar-refractivity contribution in [1.29, 1.82) is 0 Å². The predicted octanol–water partition coefficient (Wildman–Crippen LogP) is 0.577. The van der Waals surface area contributed by atoms with Crippen LogP contribution in [0.1, 0.15) is 27.2 Å². The Balaban J connectivity index is 2.63. The zero-order valence-electron chi connectivity index (χ0n) is 12.4. The van der Waals surface area contributed by atoms with Gasteiger partial charge in [0.25, 0.3) is 0 Å². The monoisotopic (exact) mass is 271 g/mol. The molecule has 2 N–H and O–H groups in total. The molecule has 0 aromatic carbocycles. The highest BCUT2D eigenvalue weighted by atomic mass is 16.6. The van der Waals surface area contributed by atoms with Crippen LogP contribution in [0.3, 0.4) is 0 Å². The van der Waals surface area contributed by atoms with Gasteiger partial charge in [-0.25, -0.2) is 4.79 Å². The molecule has 19 heavy (non-hydrogen) atoms. The van der Waals surface area contributed by atoms with Crippen molar-refractivity contribution in [3.8, 4) is 0 Å². The van der Waals surface area contributed by atoms with Crippen molar-refractivity contribution in [2.75, 3.05) is 27.2 Å². The number of hydrogen-bond acceptors (Lipinski definition) is 4. The second kappa shape index (κ2) is 6.23. The molecule has 2 amide bonds. The van der Waals surface area contributed by atoms with Crippen molar-refractivity contribution in [2.24, 2.45) is 5.92 Å². The fourth-order valence-corrected chi connectivity index (χ4v) is 2.10. The van der Waals surface area contributed by atoms with Gasteiger partial charge in [-0.1, -0.05) is 0 Å². The third-order valence-corrected chi connectivity index (χ3v) is 2.94. The zero-order chi connectivity index (χ0) is 14.6. The first kappa shape index (κ1) is 15.8. The maximum absolute atomic E-state index is 12.1. The van der Waals surface area contributed by atoms with E-state index in [4.69, 9.17) is 4.74 Å². The summed E-state index contributed by atoms with van der Waals surface area (Å²) in [5, 5.41) is 5.98. The number of ether oxygens (including phenoxy) is 1. The first-order valence-electron chi connectivity index (χ1n) is 6.62. The van der Waals surface area contributed by atoms with Gasteiger partial charge >= 0.3 is 6.09 Å². The molecular weight excluding hydrogens is 246 g/mol. The fraction of sp³-hybridized carbons (Fsp3) is 0.846. The molecule has 1 saturated heterocycles. The van der Waals surface area contributed by atoms with Gasteiger partial charge in [-0.05, 0) is 33.7 Å². The van der Waals surface area contributed by atoms with E-state index in [1.165, 1.54) is 0 Å². The molecule has 0 radical (unpaired) electrons. The van der Waals surface area contributed by atoms with Gasteiger partial charge < -0.3 is 20.3 Å². The summed E-state index contributed by atoms with van der Waals surface area (Å²) < 4.78 is 5.23. The second-order valence-electron chi connectivity index (χ2n) is 6.08. The minimum absolute atomic E-state index is 0.0440. The standard InChI is InChI=1S/C13H25N3O3/c1-13(2,3)19-12(18)15-10-8-14-7-6-9(10)11(17)16(4)5/h9-10,14H,6-8H2,1-5H3,(H,15,18)/t9-,10+/m0/s1. The van der Waals surface area contributed by atoms with Crippen LogP contribution in [0, 0.1) is 5.92 Å². The fourth-order valence-electron chi connectivity index (χ4n) is 2.10. The van der Waals surface area contributed by atoms with Gasteiger partial charge in [0.2, 0.25) is 5.91 Å². The van der Waals surface area contributed by atoms with E-state index in [1.807, 2.05) is 20.8 Å². The Bertz CT molecular complexity index is 337. The van der Waals surface area contributed by atoms with E-state index < -0.39 is 11.7 Å². The van der Waals surface area contributed by atoms with Crippen molar-refractivity contribution in [1.82, 2.24) is 15.5 Å². The SMILES string of the molecule is CN(C)C(=O)[C@H]1CCNC[C@H]1NC(=O)OC(C)(C)C. The number of piperidine rings is 1. The van der Waals surface area contributed by atoms with E-state index in [9.17, 15) is 9.59 Å². The summed E-state index contributed by atoms with van der Waals surface area (Å²) in [5.41, 5.74) is -0.534. The lowest BCUT2D eigenvalue weighted by molar-refractivity contribution is -0.134. The molecule has 0 aromatic heterocycles. The van der Waals surface area contributed by atoms with Crippen LogP contribution in [-0.2, 0) is 9.53 Å². The van der Waals surface area contributed by atoms with Gasteiger partial charge in [-0.2, -0.15) is 0 Å². The maximum atomic E-state index is 12.1. The van der Waals surface area contributed by atoms with Crippen LogP contribution in [0.15, 0.2) is 0 Å². The van der Waals surface area contributed by atoms with E-state index in [2.05, 4.69) is 10.6 Å². The quantitative estimate of drug-likeness (QED) is 0.770. The third kappa shape index (κ3) is 5.06. The van der Waals surface area contributed by atoms with E-state index in [-0.39, 0.29) is 17.9 Å². The van der Waals surface area contributed by atoms with Crippen LogP contribution >= 0.6 is 0 Å². The molecule has 6 nitrogen and oxygen atoms in total. The molecule has 1 aliphatic rings. The van der Waals surface area contributed by atoms with Gasteiger partial charge in [0.15, 0.2) is 0 Å². The number of carbonyl (C=O) groups excluding carboxylic acids is 2. The average Bonchev–Trinajstić information content (AvgIpc) is 2.26.